The van der Waals surface area contributed by atoms with Gasteiger partial charge in [-0.2, -0.15) is 0 Å². The normalized spacial score (nSPS) is 13.2. The van der Waals surface area contributed by atoms with Crippen LogP contribution in [0.4, 0.5) is 14.5 Å². The molecule has 0 atom stereocenters. The van der Waals surface area contributed by atoms with Crippen LogP contribution in [0.15, 0.2) is 71.9 Å². The first-order chi connectivity index (χ1) is 16.0. The molecule has 0 unspecified atom stereocenters. The quantitative estimate of drug-likeness (QED) is 0.332. The number of anilines is 1. The number of rotatable bonds is 5. The minimum absolute atomic E-state index is 0.0726. The van der Waals surface area contributed by atoms with Crippen LogP contribution in [0.3, 0.4) is 0 Å². The number of halogens is 2. The summed E-state index contributed by atoms with van der Waals surface area (Å²) in [6, 6.07) is 15.6. The standard InChI is InChI=1S/C25H19F2N3OS2/c1-30-9-8-15-10-16(2-4-20(15)25(30)31)22-6-7-23(32-22)17-11-19(14-28-13-17)29-33-24-5-3-18(26)12-21(24)27/h2-7,10-14,29H,8-9H2,1H3. The predicted octanol–water partition coefficient (Wildman–Crippen LogP) is 6.50. The van der Waals surface area contributed by atoms with Gasteiger partial charge in [0.1, 0.15) is 11.6 Å². The second kappa shape index (κ2) is 8.96. The van der Waals surface area contributed by atoms with Crippen molar-refractivity contribution in [3.8, 4) is 20.9 Å². The van der Waals surface area contributed by atoms with Crippen LogP contribution in [-0.4, -0.2) is 29.4 Å². The van der Waals surface area contributed by atoms with Crippen LogP contribution in [0, 0.1) is 11.6 Å². The van der Waals surface area contributed by atoms with Crippen molar-refractivity contribution in [1.29, 1.82) is 0 Å². The molecule has 0 radical (unpaired) electrons. The van der Waals surface area contributed by atoms with Crippen molar-refractivity contribution in [2.45, 2.75) is 11.3 Å². The Kier molecular flexibility index (Phi) is 5.86. The number of nitrogens with zero attached hydrogens (tertiary/aromatic N) is 2. The van der Waals surface area contributed by atoms with E-state index in [4.69, 9.17) is 0 Å². The van der Waals surface area contributed by atoms with Gasteiger partial charge in [-0.3, -0.25) is 9.78 Å². The summed E-state index contributed by atoms with van der Waals surface area (Å²) in [5.74, 6) is -1.15. The van der Waals surface area contributed by atoms with E-state index in [2.05, 4.69) is 21.8 Å². The highest BCUT2D eigenvalue weighted by Gasteiger charge is 2.21. The Morgan fingerprint density at radius 3 is 2.64 bits per heavy atom. The van der Waals surface area contributed by atoms with Gasteiger partial charge in [0.15, 0.2) is 0 Å². The maximum Gasteiger partial charge on any atom is 0.253 e. The Balaban J connectivity index is 1.34. The number of fused-ring (bicyclic) bond motifs is 1. The summed E-state index contributed by atoms with van der Waals surface area (Å²) in [5.41, 5.74) is 4.61. The van der Waals surface area contributed by atoms with Crippen LogP contribution in [0.5, 0.6) is 0 Å². The molecule has 0 saturated heterocycles. The molecule has 0 spiro atoms. The smallest absolute Gasteiger partial charge is 0.253 e. The fraction of sp³-hybridized carbons (Fsp3) is 0.120. The molecule has 3 heterocycles. The van der Waals surface area contributed by atoms with E-state index in [1.54, 1.807) is 28.6 Å². The van der Waals surface area contributed by atoms with Gasteiger partial charge in [-0.15, -0.1) is 11.3 Å². The molecular formula is C25H19F2N3OS2. The summed E-state index contributed by atoms with van der Waals surface area (Å²) >= 11 is 2.72. The highest BCUT2D eigenvalue weighted by Crippen LogP contribution is 2.36. The number of thiophene rings is 1. The van der Waals surface area contributed by atoms with E-state index < -0.39 is 11.6 Å². The highest BCUT2D eigenvalue weighted by molar-refractivity contribution is 8.00. The number of likely N-dealkylation sites (N-methyl/N-ethyl adjacent to an activating group) is 1. The lowest BCUT2D eigenvalue weighted by molar-refractivity contribution is 0.0781. The maximum absolute atomic E-state index is 13.9. The first-order valence-electron chi connectivity index (χ1n) is 10.3. The fourth-order valence-electron chi connectivity index (χ4n) is 3.71. The van der Waals surface area contributed by atoms with Crippen LogP contribution in [-0.2, 0) is 6.42 Å². The predicted molar refractivity (Wildman–Crippen MR) is 129 cm³/mol. The van der Waals surface area contributed by atoms with Crippen molar-refractivity contribution in [2.75, 3.05) is 18.3 Å². The molecular weight excluding hydrogens is 460 g/mol. The lowest BCUT2D eigenvalue weighted by atomic mass is 9.96. The molecule has 0 fully saturated rings. The van der Waals surface area contributed by atoms with Crippen molar-refractivity contribution < 1.29 is 13.6 Å². The molecule has 33 heavy (non-hydrogen) atoms. The van der Waals surface area contributed by atoms with Gasteiger partial charge in [-0.1, -0.05) is 6.07 Å². The average Bonchev–Trinajstić information content (AvgIpc) is 3.31. The van der Waals surface area contributed by atoms with Gasteiger partial charge < -0.3 is 9.62 Å². The fourth-order valence-corrected chi connectivity index (χ4v) is 5.32. The van der Waals surface area contributed by atoms with Gasteiger partial charge in [0.25, 0.3) is 5.91 Å². The number of hydrogen-bond acceptors (Lipinski definition) is 5. The molecule has 2 aromatic heterocycles. The minimum Gasteiger partial charge on any atom is -0.341 e. The van der Waals surface area contributed by atoms with Crippen molar-refractivity contribution in [1.82, 2.24) is 9.88 Å². The van der Waals surface area contributed by atoms with Gasteiger partial charge in [0.2, 0.25) is 0 Å². The summed E-state index contributed by atoms with van der Waals surface area (Å²) in [6.45, 7) is 0.732. The van der Waals surface area contributed by atoms with Gasteiger partial charge >= 0.3 is 0 Å². The lowest BCUT2D eigenvalue weighted by Gasteiger charge is -2.25. The Labute approximate surface area is 198 Å². The molecule has 0 saturated carbocycles. The molecule has 0 bridgehead atoms. The zero-order valence-corrected chi connectivity index (χ0v) is 19.3. The van der Waals surface area contributed by atoms with Crippen LogP contribution in [0.1, 0.15) is 15.9 Å². The van der Waals surface area contributed by atoms with Crippen molar-refractivity contribution in [3.63, 3.8) is 0 Å². The van der Waals surface area contributed by atoms with Gasteiger partial charge in [-0.25, -0.2) is 8.78 Å². The van der Waals surface area contributed by atoms with Gasteiger partial charge in [-0.05, 0) is 72.0 Å². The highest BCUT2D eigenvalue weighted by atomic mass is 32.2. The zero-order valence-electron chi connectivity index (χ0n) is 17.6. The molecule has 166 valence electrons. The monoisotopic (exact) mass is 479 g/mol. The number of pyridine rings is 1. The second-order valence-corrected chi connectivity index (χ2v) is 9.69. The van der Waals surface area contributed by atoms with E-state index in [0.29, 0.717) is 10.6 Å². The SMILES string of the molecule is CN1CCc2cc(-c3ccc(-c4cncc(NSc5ccc(F)cc5F)c4)s3)ccc2C1=O. The van der Waals surface area contributed by atoms with Crippen molar-refractivity contribution >= 4 is 34.9 Å². The molecule has 2 aromatic carbocycles. The number of aromatic nitrogens is 1. The number of nitrogens with one attached hydrogen (secondary N) is 1. The summed E-state index contributed by atoms with van der Waals surface area (Å²) in [5, 5.41) is 0. The third-order valence-corrected chi connectivity index (χ3v) is 7.56. The van der Waals surface area contributed by atoms with Gasteiger partial charge in [0, 0.05) is 46.7 Å². The van der Waals surface area contributed by atoms with E-state index >= 15 is 0 Å². The van der Waals surface area contributed by atoms with E-state index in [9.17, 15) is 13.6 Å². The van der Waals surface area contributed by atoms with Crippen molar-refractivity contribution in [3.05, 3.63) is 89.8 Å². The Morgan fingerprint density at radius 2 is 1.82 bits per heavy atom. The molecule has 0 aliphatic carbocycles. The Bertz CT molecular complexity index is 1360. The number of amides is 1. The molecule has 1 aliphatic rings. The van der Waals surface area contributed by atoms with Crippen molar-refractivity contribution in [2.24, 2.45) is 0 Å². The lowest BCUT2D eigenvalue weighted by Crippen LogP contribution is -2.34. The number of carbonyl (C=O) groups excluding carboxylic acids is 1. The Hall–Kier alpha value is -3.23. The summed E-state index contributed by atoms with van der Waals surface area (Å²) in [7, 11) is 1.83. The molecule has 4 nitrogen and oxygen atoms in total. The number of hydrogen-bond donors (Lipinski definition) is 1. The van der Waals surface area contributed by atoms with Crippen LogP contribution < -0.4 is 4.72 Å². The summed E-state index contributed by atoms with van der Waals surface area (Å²) < 4.78 is 30.0. The van der Waals surface area contributed by atoms with E-state index in [0.717, 1.165) is 63.0 Å². The summed E-state index contributed by atoms with van der Waals surface area (Å²) in [6.07, 6.45) is 4.29. The average molecular weight is 480 g/mol. The molecule has 1 amide bonds. The molecule has 4 aromatic rings. The molecule has 5 rings (SSSR count). The van der Waals surface area contributed by atoms with Crippen LogP contribution in [0.2, 0.25) is 0 Å². The largest absolute Gasteiger partial charge is 0.341 e. The first kappa shape index (κ1) is 21.6. The summed E-state index contributed by atoms with van der Waals surface area (Å²) in [4.78, 5) is 20.9. The third-order valence-electron chi connectivity index (χ3n) is 5.48. The van der Waals surface area contributed by atoms with E-state index in [1.165, 1.54) is 12.1 Å². The van der Waals surface area contributed by atoms with E-state index in [1.807, 2.05) is 31.3 Å². The number of carbonyl (C=O) groups is 1. The second-order valence-electron chi connectivity index (χ2n) is 7.75. The third kappa shape index (κ3) is 4.49. The van der Waals surface area contributed by atoms with E-state index in [-0.39, 0.29) is 5.91 Å². The first-order valence-corrected chi connectivity index (χ1v) is 11.9. The van der Waals surface area contributed by atoms with Gasteiger partial charge in [0.05, 0.1) is 16.8 Å². The van der Waals surface area contributed by atoms with Crippen LogP contribution in [0.25, 0.3) is 20.9 Å². The molecule has 1 N–H and O–H groups in total. The molecule has 1 aliphatic heterocycles. The minimum atomic E-state index is -0.613. The molecule has 8 heteroatoms. The van der Waals surface area contributed by atoms with Crippen LogP contribution >= 0.6 is 23.3 Å². The maximum atomic E-state index is 13.9. The number of benzene rings is 2. The zero-order chi connectivity index (χ0) is 22.9. The topological polar surface area (TPSA) is 45.2 Å². The Morgan fingerprint density at radius 1 is 1.00 bits per heavy atom.